The molecule has 16 heavy (non-hydrogen) atoms. The fourth-order valence-electron chi connectivity index (χ4n) is 2.80. The zero-order valence-corrected chi connectivity index (χ0v) is 10.2. The lowest BCUT2D eigenvalue weighted by atomic mass is 9.88. The summed E-state index contributed by atoms with van der Waals surface area (Å²) in [6.07, 6.45) is 8.34. The molecule has 2 atom stereocenters. The van der Waals surface area contributed by atoms with Gasteiger partial charge in [0, 0.05) is 12.5 Å². The van der Waals surface area contributed by atoms with Crippen LogP contribution in [-0.4, -0.2) is 24.7 Å². The van der Waals surface area contributed by atoms with Gasteiger partial charge in [-0.25, -0.2) is 0 Å². The molecular weight excluding hydrogens is 202 g/mol. The lowest BCUT2D eigenvalue weighted by Crippen LogP contribution is -2.44. The molecular formula is C13H23NO2. The molecule has 0 aromatic carbocycles. The highest BCUT2D eigenvalue weighted by Gasteiger charge is 2.27. The smallest absolute Gasteiger partial charge is 0.223 e. The molecule has 0 aromatic rings. The number of hydrogen-bond acceptors (Lipinski definition) is 2. The third-order valence-corrected chi connectivity index (χ3v) is 3.87. The van der Waals surface area contributed by atoms with E-state index in [-0.39, 0.29) is 24.0 Å². The van der Waals surface area contributed by atoms with Crippen molar-refractivity contribution in [3.63, 3.8) is 0 Å². The monoisotopic (exact) mass is 225 g/mol. The first kappa shape index (κ1) is 11.9. The Morgan fingerprint density at radius 1 is 1.19 bits per heavy atom. The van der Waals surface area contributed by atoms with Gasteiger partial charge in [0.05, 0.1) is 12.1 Å². The van der Waals surface area contributed by atoms with Crippen LogP contribution in [0.2, 0.25) is 0 Å². The summed E-state index contributed by atoms with van der Waals surface area (Å²) in [6.45, 7) is 2.92. The number of carbonyl (C=O) groups excluding carboxylic acids is 1. The van der Waals surface area contributed by atoms with Gasteiger partial charge in [-0.15, -0.1) is 0 Å². The molecule has 0 spiro atoms. The summed E-state index contributed by atoms with van der Waals surface area (Å²) in [7, 11) is 0. The second kappa shape index (κ2) is 5.67. The number of amides is 1. The van der Waals surface area contributed by atoms with Crippen molar-refractivity contribution in [1.82, 2.24) is 5.32 Å². The van der Waals surface area contributed by atoms with E-state index in [4.69, 9.17) is 4.74 Å². The summed E-state index contributed by atoms with van der Waals surface area (Å²) in [5.74, 6) is 0.514. The molecule has 2 rings (SSSR count). The number of rotatable bonds is 3. The van der Waals surface area contributed by atoms with Crippen LogP contribution in [-0.2, 0) is 9.53 Å². The number of carbonyl (C=O) groups is 1. The molecule has 1 amide bonds. The molecule has 0 aromatic heterocycles. The van der Waals surface area contributed by atoms with Gasteiger partial charge in [-0.2, -0.15) is 0 Å². The van der Waals surface area contributed by atoms with E-state index in [0.29, 0.717) is 0 Å². The average Bonchev–Trinajstić information content (AvgIpc) is 2.83. The van der Waals surface area contributed by atoms with Crippen LogP contribution in [0.15, 0.2) is 0 Å². The zero-order chi connectivity index (χ0) is 11.4. The van der Waals surface area contributed by atoms with E-state index in [1.165, 1.54) is 19.3 Å². The maximum atomic E-state index is 12.0. The molecule has 1 saturated heterocycles. The van der Waals surface area contributed by atoms with E-state index in [0.717, 1.165) is 32.3 Å². The summed E-state index contributed by atoms with van der Waals surface area (Å²) >= 11 is 0. The van der Waals surface area contributed by atoms with Crippen LogP contribution in [0, 0.1) is 5.92 Å². The summed E-state index contributed by atoms with van der Waals surface area (Å²) in [5.41, 5.74) is 0. The number of nitrogens with one attached hydrogen (secondary N) is 1. The van der Waals surface area contributed by atoms with E-state index in [1.54, 1.807) is 0 Å². The highest BCUT2D eigenvalue weighted by molar-refractivity contribution is 5.79. The molecule has 1 N–H and O–H groups in total. The lowest BCUT2D eigenvalue weighted by molar-refractivity contribution is -0.127. The summed E-state index contributed by atoms with van der Waals surface area (Å²) in [6, 6.07) is 0.178. The van der Waals surface area contributed by atoms with E-state index in [2.05, 4.69) is 12.2 Å². The highest BCUT2D eigenvalue weighted by atomic mass is 16.5. The topological polar surface area (TPSA) is 38.3 Å². The van der Waals surface area contributed by atoms with Crippen molar-refractivity contribution in [2.24, 2.45) is 5.92 Å². The van der Waals surface area contributed by atoms with E-state index < -0.39 is 0 Å². The number of hydrogen-bond donors (Lipinski definition) is 1. The third-order valence-electron chi connectivity index (χ3n) is 3.87. The predicted octanol–water partition coefficient (Wildman–Crippen LogP) is 2.25. The molecule has 0 bridgehead atoms. The largest absolute Gasteiger partial charge is 0.376 e. The molecule has 2 fully saturated rings. The van der Waals surface area contributed by atoms with Crippen molar-refractivity contribution >= 4 is 5.91 Å². The molecule has 1 saturated carbocycles. The van der Waals surface area contributed by atoms with Gasteiger partial charge in [0.15, 0.2) is 0 Å². The fraction of sp³-hybridized carbons (Fsp3) is 0.923. The highest BCUT2D eigenvalue weighted by Crippen LogP contribution is 2.24. The molecule has 0 unspecified atom stereocenters. The Labute approximate surface area is 97.9 Å². The van der Waals surface area contributed by atoms with Gasteiger partial charge in [-0.1, -0.05) is 19.3 Å². The lowest BCUT2D eigenvalue weighted by Gasteiger charge is -2.25. The second-order valence-corrected chi connectivity index (χ2v) is 5.18. The van der Waals surface area contributed by atoms with Crippen LogP contribution in [0.1, 0.15) is 51.9 Å². The number of ether oxygens (including phenoxy) is 1. The minimum atomic E-state index is 0.178. The molecule has 1 heterocycles. The summed E-state index contributed by atoms with van der Waals surface area (Å²) < 4.78 is 5.59. The first-order valence-electron chi connectivity index (χ1n) is 6.69. The molecule has 1 aliphatic heterocycles. The van der Waals surface area contributed by atoms with E-state index in [1.807, 2.05) is 0 Å². The molecule has 3 heteroatoms. The quantitative estimate of drug-likeness (QED) is 0.800. The maximum Gasteiger partial charge on any atom is 0.223 e. The first-order valence-corrected chi connectivity index (χ1v) is 6.69. The van der Waals surface area contributed by atoms with Gasteiger partial charge in [0.1, 0.15) is 0 Å². The van der Waals surface area contributed by atoms with Crippen molar-refractivity contribution in [2.45, 2.75) is 64.0 Å². The fourth-order valence-corrected chi connectivity index (χ4v) is 2.80. The van der Waals surface area contributed by atoms with Crippen molar-refractivity contribution in [3.05, 3.63) is 0 Å². The van der Waals surface area contributed by atoms with Gasteiger partial charge in [0.2, 0.25) is 5.91 Å². The van der Waals surface area contributed by atoms with Crippen LogP contribution in [0.3, 0.4) is 0 Å². The van der Waals surface area contributed by atoms with E-state index in [9.17, 15) is 4.79 Å². The average molecular weight is 225 g/mol. The minimum absolute atomic E-state index is 0.178. The molecule has 0 radical (unpaired) electrons. The third kappa shape index (κ3) is 2.97. The Morgan fingerprint density at radius 3 is 2.56 bits per heavy atom. The molecule has 3 nitrogen and oxygen atoms in total. The van der Waals surface area contributed by atoms with Gasteiger partial charge < -0.3 is 10.1 Å². The minimum Gasteiger partial charge on any atom is -0.376 e. The summed E-state index contributed by atoms with van der Waals surface area (Å²) in [4.78, 5) is 12.0. The van der Waals surface area contributed by atoms with Gasteiger partial charge >= 0.3 is 0 Å². The SMILES string of the molecule is C[C@@H](NC(=O)C1CCCCC1)[C@@H]1CCCO1. The van der Waals surface area contributed by atoms with Crippen molar-refractivity contribution in [3.8, 4) is 0 Å². The second-order valence-electron chi connectivity index (χ2n) is 5.18. The Morgan fingerprint density at radius 2 is 1.94 bits per heavy atom. The van der Waals surface area contributed by atoms with Crippen LogP contribution in [0.25, 0.3) is 0 Å². The Bertz CT molecular complexity index is 230. The molecule has 2 aliphatic rings. The van der Waals surface area contributed by atoms with Crippen molar-refractivity contribution < 1.29 is 9.53 Å². The van der Waals surface area contributed by atoms with Crippen LogP contribution < -0.4 is 5.32 Å². The van der Waals surface area contributed by atoms with Gasteiger partial charge in [0.25, 0.3) is 0 Å². The molecule has 1 aliphatic carbocycles. The van der Waals surface area contributed by atoms with E-state index >= 15 is 0 Å². The summed E-state index contributed by atoms with van der Waals surface area (Å²) in [5, 5.41) is 3.13. The zero-order valence-electron chi connectivity index (χ0n) is 10.2. The Balaban J connectivity index is 1.76. The first-order chi connectivity index (χ1) is 7.77. The van der Waals surface area contributed by atoms with Crippen LogP contribution in [0.4, 0.5) is 0 Å². The van der Waals surface area contributed by atoms with Gasteiger partial charge in [-0.3, -0.25) is 4.79 Å². The van der Waals surface area contributed by atoms with Crippen LogP contribution in [0.5, 0.6) is 0 Å². The predicted molar refractivity (Wildman–Crippen MR) is 63.2 cm³/mol. The van der Waals surface area contributed by atoms with Crippen molar-refractivity contribution in [1.29, 1.82) is 0 Å². The standard InChI is InChI=1S/C13H23NO2/c1-10(12-8-5-9-16-12)14-13(15)11-6-3-2-4-7-11/h10-12H,2-9H2,1H3,(H,14,15)/t10-,12+/m1/s1. The Kier molecular flexibility index (Phi) is 4.22. The van der Waals surface area contributed by atoms with Crippen molar-refractivity contribution in [2.75, 3.05) is 6.61 Å². The Hall–Kier alpha value is -0.570. The van der Waals surface area contributed by atoms with Crippen LogP contribution >= 0.6 is 0 Å². The normalized spacial score (nSPS) is 28.9. The molecule has 92 valence electrons. The maximum absolute atomic E-state index is 12.0. The van der Waals surface area contributed by atoms with Gasteiger partial charge in [-0.05, 0) is 32.6 Å².